The van der Waals surface area contributed by atoms with E-state index >= 15 is 0 Å². The molecule has 4 heteroatoms. The Bertz CT molecular complexity index is 659. The zero-order valence-corrected chi connectivity index (χ0v) is 12.0. The predicted octanol–water partition coefficient (Wildman–Crippen LogP) is 3.83. The van der Waals surface area contributed by atoms with Crippen LogP contribution in [0.5, 0.6) is 0 Å². The molecule has 0 bridgehead atoms. The molecule has 2 aromatic rings. The highest BCUT2D eigenvalue weighted by Crippen LogP contribution is 2.21. The largest absolute Gasteiger partial charge is 0.254 e. The van der Waals surface area contributed by atoms with Crippen molar-refractivity contribution >= 4 is 22.4 Å². The molecule has 0 radical (unpaired) electrons. The summed E-state index contributed by atoms with van der Waals surface area (Å²) in [5, 5.41) is 9.26. The Hall–Kier alpha value is -1.63. The minimum Gasteiger partial charge on any atom is -0.254 e. The van der Waals surface area contributed by atoms with Crippen LogP contribution in [-0.2, 0) is 16.6 Å². The zero-order chi connectivity index (χ0) is 13.8. The normalized spacial score (nSPS) is 11.8. The van der Waals surface area contributed by atoms with Crippen molar-refractivity contribution in [3.8, 4) is 6.07 Å². The number of hydrogen-bond acceptors (Lipinski definition) is 2. The lowest BCUT2D eigenvalue weighted by Crippen LogP contribution is -1.97. The van der Waals surface area contributed by atoms with Gasteiger partial charge in [-0.2, -0.15) is 5.26 Å². The first kappa shape index (κ1) is 13.8. The molecular formula is C15H12ClNOS. The van der Waals surface area contributed by atoms with Gasteiger partial charge in [0.15, 0.2) is 0 Å². The van der Waals surface area contributed by atoms with E-state index in [-0.39, 0.29) is 0 Å². The first-order valence-corrected chi connectivity index (χ1v) is 7.43. The lowest BCUT2D eigenvalue weighted by Gasteiger charge is -2.05. The molecule has 0 heterocycles. The Morgan fingerprint density at radius 1 is 1.21 bits per heavy atom. The first-order chi connectivity index (χ1) is 9.10. The Morgan fingerprint density at radius 2 is 1.89 bits per heavy atom. The lowest BCUT2D eigenvalue weighted by atomic mass is 10.2. The predicted molar refractivity (Wildman–Crippen MR) is 77.5 cm³/mol. The third-order valence-corrected chi connectivity index (χ3v) is 4.48. The number of aryl methyl sites for hydroxylation is 1. The van der Waals surface area contributed by atoms with Gasteiger partial charge in [0.25, 0.3) is 0 Å². The maximum atomic E-state index is 12.2. The number of benzene rings is 2. The van der Waals surface area contributed by atoms with E-state index in [1.165, 1.54) is 0 Å². The smallest absolute Gasteiger partial charge is 0.0992 e. The van der Waals surface area contributed by atoms with E-state index < -0.39 is 10.8 Å². The molecule has 1 atom stereocenters. The molecule has 0 saturated heterocycles. The average Bonchev–Trinajstić information content (AvgIpc) is 2.41. The van der Waals surface area contributed by atoms with Crippen molar-refractivity contribution in [2.24, 2.45) is 0 Å². The van der Waals surface area contributed by atoms with Crippen LogP contribution in [0.15, 0.2) is 47.4 Å². The van der Waals surface area contributed by atoms with Crippen molar-refractivity contribution in [1.82, 2.24) is 0 Å². The molecule has 0 aliphatic heterocycles. The highest BCUT2D eigenvalue weighted by Gasteiger charge is 2.08. The van der Waals surface area contributed by atoms with Gasteiger partial charge in [-0.25, -0.2) is 0 Å². The van der Waals surface area contributed by atoms with Crippen LogP contribution < -0.4 is 0 Å². The van der Waals surface area contributed by atoms with Crippen LogP contribution in [0.3, 0.4) is 0 Å². The molecule has 2 aromatic carbocycles. The summed E-state index contributed by atoms with van der Waals surface area (Å²) in [5.74, 6) is 0.355. The van der Waals surface area contributed by atoms with E-state index in [2.05, 4.69) is 0 Å². The van der Waals surface area contributed by atoms with Gasteiger partial charge in [-0.3, -0.25) is 4.21 Å². The van der Waals surface area contributed by atoms with Gasteiger partial charge in [-0.15, -0.1) is 0 Å². The fraction of sp³-hybridized carbons (Fsp3) is 0.133. The molecule has 0 saturated carbocycles. The summed E-state index contributed by atoms with van der Waals surface area (Å²) in [7, 11) is -1.13. The maximum Gasteiger partial charge on any atom is 0.0992 e. The van der Waals surface area contributed by atoms with E-state index in [4.69, 9.17) is 16.9 Å². The van der Waals surface area contributed by atoms with Crippen LogP contribution in [0.4, 0.5) is 0 Å². The number of nitrogens with zero attached hydrogens (tertiary/aromatic N) is 1. The van der Waals surface area contributed by atoms with Gasteiger partial charge in [-0.05, 0) is 36.8 Å². The van der Waals surface area contributed by atoms with Crippen LogP contribution >= 0.6 is 11.6 Å². The Balaban J connectivity index is 2.20. The van der Waals surface area contributed by atoms with E-state index in [1.807, 2.05) is 37.3 Å². The summed E-state index contributed by atoms with van der Waals surface area (Å²) in [6, 6.07) is 14.7. The van der Waals surface area contributed by atoms with Gasteiger partial charge in [0, 0.05) is 9.92 Å². The van der Waals surface area contributed by atoms with E-state index in [1.54, 1.807) is 18.2 Å². The lowest BCUT2D eigenvalue weighted by molar-refractivity contribution is 0.682. The van der Waals surface area contributed by atoms with E-state index in [0.717, 1.165) is 16.0 Å². The Labute approximate surface area is 120 Å². The molecule has 0 aromatic heterocycles. The van der Waals surface area contributed by atoms with E-state index in [0.29, 0.717) is 16.3 Å². The van der Waals surface area contributed by atoms with Crippen molar-refractivity contribution in [2.45, 2.75) is 17.6 Å². The monoisotopic (exact) mass is 289 g/mol. The SMILES string of the molecule is Cc1ccc(S(=O)Cc2ccc(C#N)cc2Cl)cc1. The third-order valence-electron chi connectivity index (χ3n) is 2.75. The summed E-state index contributed by atoms with van der Waals surface area (Å²) in [4.78, 5) is 0.783. The molecule has 0 amide bonds. The van der Waals surface area contributed by atoms with Crippen LogP contribution in [0, 0.1) is 18.3 Å². The first-order valence-electron chi connectivity index (χ1n) is 5.74. The molecule has 2 nitrogen and oxygen atoms in total. The highest BCUT2D eigenvalue weighted by atomic mass is 35.5. The second kappa shape index (κ2) is 6.01. The summed E-state index contributed by atoms with van der Waals surface area (Å²) < 4.78 is 12.2. The number of hydrogen-bond donors (Lipinski definition) is 0. The number of nitriles is 1. The average molecular weight is 290 g/mol. The molecular weight excluding hydrogens is 278 g/mol. The van der Waals surface area contributed by atoms with Crippen LogP contribution in [0.1, 0.15) is 16.7 Å². The van der Waals surface area contributed by atoms with Crippen molar-refractivity contribution in [3.05, 3.63) is 64.2 Å². The molecule has 0 aliphatic carbocycles. The molecule has 1 unspecified atom stereocenters. The molecule has 2 rings (SSSR count). The fourth-order valence-electron chi connectivity index (χ4n) is 1.65. The summed E-state index contributed by atoms with van der Waals surface area (Å²) in [5.41, 5.74) is 2.44. The van der Waals surface area contributed by atoms with E-state index in [9.17, 15) is 4.21 Å². The molecule has 96 valence electrons. The molecule has 0 aliphatic rings. The van der Waals surface area contributed by atoms with Gasteiger partial charge in [-0.1, -0.05) is 35.4 Å². The Kier molecular flexibility index (Phi) is 4.36. The molecule has 0 fully saturated rings. The summed E-state index contributed by atoms with van der Waals surface area (Å²) >= 11 is 6.08. The Morgan fingerprint density at radius 3 is 2.47 bits per heavy atom. The van der Waals surface area contributed by atoms with Crippen molar-refractivity contribution < 1.29 is 4.21 Å². The van der Waals surface area contributed by atoms with Gasteiger partial charge in [0.2, 0.25) is 0 Å². The minimum atomic E-state index is -1.13. The topological polar surface area (TPSA) is 40.9 Å². The molecule has 0 N–H and O–H groups in total. The van der Waals surface area contributed by atoms with Crippen molar-refractivity contribution in [1.29, 1.82) is 5.26 Å². The van der Waals surface area contributed by atoms with Crippen LogP contribution in [-0.4, -0.2) is 4.21 Å². The second-order valence-electron chi connectivity index (χ2n) is 4.22. The second-order valence-corrected chi connectivity index (χ2v) is 6.08. The van der Waals surface area contributed by atoms with Crippen molar-refractivity contribution in [3.63, 3.8) is 0 Å². The quantitative estimate of drug-likeness (QED) is 0.861. The minimum absolute atomic E-state index is 0.355. The maximum absolute atomic E-state index is 12.2. The summed E-state index contributed by atoms with van der Waals surface area (Å²) in [6.07, 6.45) is 0. The molecule has 19 heavy (non-hydrogen) atoms. The standard InChI is InChI=1S/C15H12ClNOS/c1-11-2-6-14(7-3-11)19(18)10-13-5-4-12(9-17)8-15(13)16/h2-8H,10H2,1H3. The van der Waals surface area contributed by atoms with Crippen LogP contribution in [0.2, 0.25) is 5.02 Å². The number of halogens is 1. The van der Waals surface area contributed by atoms with Crippen LogP contribution in [0.25, 0.3) is 0 Å². The van der Waals surface area contributed by atoms with Crippen molar-refractivity contribution in [2.75, 3.05) is 0 Å². The third kappa shape index (κ3) is 3.44. The summed E-state index contributed by atoms with van der Waals surface area (Å²) in [6.45, 7) is 1.99. The fourth-order valence-corrected chi connectivity index (χ4v) is 3.12. The van der Waals surface area contributed by atoms with Gasteiger partial charge >= 0.3 is 0 Å². The number of rotatable bonds is 3. The highest BCUT2D eigenvalue weighted by molar-refractivity contribution is 7.84. The molecule has 0 spiro atoms. The van der Waals surface area contributed by atoms with Gasteiger partial charge < -0.3 is 0 Å². The van der Waals surface area contributed by atoms with Gasteiger partial charge in [0.1, 0.15) is 0 Å². The zero-order valence-electron chi connectivity index (χ0n) is 10.4. The van der Waals surface area contributed by atoms with Gasteiger partial charge in [0.05, 0.1) is 28.2 Å².